The van der Waals surface area contributed by atoms with Crippen molar-refractivity contribution in [2.45, 2.75) is 39.3 Å². The molecule has 0 saturated heterocycles. The molecule has 0 spiro atoms. The number of hydrogen-bond donors (Lipinski definition) is 2. The van der Waals surface area contributed by atoms with Crippen molar-refractivity contribution in [3.63, 3.8) is 0 Å². The van der Waals surface area contributed by atoms with Crippen LogP contribution in [0.3, 0.4) is 0 Å². The molecular formula is C25H26N2O. The van der Waals surface area contributed by atoms with Gasteiger partial charge in [-0.3, -0.25) is 4.79 Å². The number of benzene rings is 3. The van der Waals surface area contributed by atoms with E-state index in [0.717, 1.165) is 30.5 Å². The highest BCUT2D eigenvalue weighted by atomic mass is 16.1. The van der Waals surface area contributed by atoms with Crippen molar-refractivity contribution in [1.29, 1.82) is 0 Å². The van der Waals surface area contributed by atoms with Crippen LogP contribution in [0.1, 0.15) is 38.2 Å². The highest BCUT2D eigenvalue weighted by Crippen LogP contribution is 2.28. The molecule has 0 aliphatic heterocycles. The van der Waals surface area contributed by atoms with Gasteiger partial charge in [0.25, 0.3) is 0 Å². The Balaban J connectivity index is 1.46. The lowest BCUT2D eigenvalue weighted by Gasteiger charge is -2.15. The standard InChI is InChI=1S/C25H26N2O/c1-16-11-18(15-27-22-13-19-5-3-4-6-20(19)14-22)7-9-23(16)24-10-8-21(25(26)28)12-17(24)2/h3-12,22,27H,13-15H2,1-2H3,(H2,26,28). The number of hydrogen-bond acceptors (Lipinski definition) is 2. The second-order valence-electron chi connectivity index (χ2n) is 7.80. The molecule has 3 aromatic carbocycles. The molecule has 0 bridgehead atoms. The Morgan fingerprint density at radius 1 is 0.929 bits per heavy atom. The van der Waals surface area contributed by atoms with E-state index in [-0.39, 0.29) is 5.91 Å². The zero-order chi connectivity index (χ0) is 19.7. The summed E-state index contributed by atoms with van der Waals surface area (Å²) in [6.45, 7) is 5.04. The molecular weight excluding hydrogens is 344 g/mol. The second kappa shape index (κ2) is 7.61. The number of carbonyl (C=O) groups excluding carboxylic acids is 1. The molecule has 4 rings (SSSR count). The fourth-order valence-corrected chi connectivity index (χ4v) is 4.22. The zero-order valence-corrected chi connectivity index (χ0v) is 16.5. The Morgan fingerprint density at radius 2 is 1.54 bits per heavy atom. The van der Waals surface area contributed by atoms with Crippen molar-refractivity contribution < 1.29 is 4.79 Å². The topological polar surface area (TPSA) is 55.1 Å². The van der Waals surface area contributed by atoms with E-state index in [1.807, 2.05) is 19.1 Å². The first kappa shape index (κ1) is 18.5. The summed E-state index contributed by atoms with van der Waals surface area (Å²) < 4.78 is 0. The largest absolute Gasteiger partial charge is 0.366 e. The first-order valence-corrected chi connectivity index (χ1v) is 9.82. The monoisotopic (exact) mass is 370 g/mol. The lowest BCUT2D eigenvalue weighted by atomic mass is 9.94. The molecule has 3 heteroatoms. The highest BCUT2D eigenvalue weighted by Gasteiger charge is 2.20. The van der Waals surface area contributed by atoms with E-state index in [4.69, 9.17) is 5.73 Å². The van der Waals surface area contributed by atoms with Crippen molar-refractivity contribution in [3.05, 3.63) is 94.0 Å². The van der Waals surface area contributed by atoms with Gasteiger partial charge >= 0.3 is 0 Å². The summed E-state index contributed by atoms with van der Waals surface area (Å²) in [6.07, 6.45) is 2.22. The summed E-state index contributed by atoms with van der Waals surface area (Å²) in [6, 6.07) is 21.5. The quantitative estimate of drug-likeness (QED) is 0.702. The summed E-state index contributed by atoms with van der Waals surface area (Å²) in [4.78, 5) is 11.4. The molecule has 0 radical (unpaired) electrons. The Hall–Kier alpha value is -2.91. The lowest BCUT2D eigenvalue weighted by molar-refractivity contribution is 0.1000. The fourth-order valence-electron chi connectivity index (χ4n) is 4.22. The van der Waals surface area contributed by atoms with Gasteiger partial charge in [0, 0.05) is 18.2 Å². The highest BCUT2D eigenvalue weighted by molar-refractivity contribution is 5.93. The maximum atomic E-state index is 11.4. The van der Waals surface area contributed by atoms with Crippen molar-refractivity contribution >= 4 is 5.91 Å². The Bertz CT molecular complexity index is 1010. The molecule has 3 nitrogen and oxygen atoms in total. The molecule has 0 fully saturated rings. The van der Waals surface area contributed by atoms with Gasteiger partial charge in [-0.2, -0.15) is 0 Å². The van der Waals surface area contributed by atoms with Crippen molar-refractivity contribution in [1.82, 2.24) is 5.32 Å². The molecule has 1 amide bonds. The molecule has 0 saturated carbocycles. The van der Waals surface area contributed by atoms with Crippen LogP contribution in [-0.4, -0.2) is 11.9 Å². The summed E-state index contributed by atoms with van der Waals surface area (Å²) in [5.41, 5.74) is 14.8. The summed E-state index contributed by atoms with van der Waals surface area (Å²) in [5.74, 6) is -0.387. The van der Waals surface area contributed by atoms with Crippen LogP contribution >= 0.6 is 0 Å². The molecule has 1 aliphatic rings. The van der Waals surface area contributed by atoms with Gasteiger partial charge in [0.05, 0.1) is 0 Å². The van der Waals surface area contributed by atoms with E-state index in [0.29, 0.717) is 11.6 Å². The van der Waals surface area contributed by atoms with Crippen LogP contribution in [0.2, 0.25) is 0 Å². The van der Waals surface area contributed by atoms with Crippen LogP contribution in [0.4, 0.5) is 0 Å². The van der Waals surface area contributed by atoms with Crippen molar-refractivity contribution in [2.24, 2.45) is 5.73 Å². The van der Waals surface area contributed by atoms with Crippen molar-refractivity contribution in [3.8, 4) is 11.1 Å². The fraction of sp³-hybridized carbons (Fsp3) is 0.240. The maximum absolute atomic E-state index is 11.4. The number of nitrogens with one attached hydrogen (secondary N) is 1. The molecule has 0 atom stereocenters. The van der Waals surface area contributed by atoms with Gasteiger partial charge in [0.2, 0.25) is 5.91 Å². The normalized spacial score (nSPS) is 13.5. The van der Waals surface area contributed by atoms with Gasteiger partial charge in [-0.05, 0) is 77.8 Å². The Kier molecular flexibility index (Phi) is 5.01. The summed E-state index contributed by atoms with van der Waals surface area (Å²) in [5, 5.41) is 3.71. The van der Waals surface area contributed by atoms with Gasteiger partial charge in [0.1, 0.15) is 0 Å². The lowest BCUT2D eigenvalue weighted by Crippen LogP contribution is -2.28. The van der Waals surface area contributed by atoms with Crippen LogP contribution in [-0.2, 0) is 19.4 Å². The molecule has 0 aromatic heterocycles. The van der Waals surface area contributed by atoms with Crippen LogP contribution in [0, 0.1) is 13.8 Å². The summed E-state index contributed by atoms with van der Waals surface area (Å²) in [7, 11) is 0. The first-order valence-electron chi connectivity index (χ1n) is 9.82. The van der Waals surface area contributed by atoms with Crippen LogP contribution in [0.15, 0.2) is 60.7 Å². The smallest absolute Gasteiger partial charge is 0.248 e. The average molecular weight is 370 g/mol. The van der Waals surface area contributed by atoms with E-state index in [1.54, 1.807) is 6.07 Å². The number of amides is 1. The van der Waals surface area contributed by atoms with E-state index < -0.39 is 0 Å². The van der Waals surface area contributed by atoms with Crippen LogP contribution < -0.4 is 11.1 Å². The molecule has 3 N–H and O–H groups in total. The van der Waals surface area contributed by atoms with Gasteiger partial charge in [-0.1, -0.05) is 48.5 Å². The predicted molar refractivity (Wildman–Crippen MR) is 114 cm³/mol. The molecule has 142 valence electrons. The third-order valence-electron chi connectivity index (χ3n) is 5.74. The molecule has 1 aliphatic carbocycles. The minimum atomic E-state index is -0.387. The van der Waals surface area contributed by atoms with E-state index in [2.05, 4.69) is 54.7 Å². The molecule has 28 heavy (non-hydrogen) atoms. The van der Waals surface area contributed by atoms with E-state index in [1.165, 1.54) is 27.8 Å². The van der Waals surface area contributed by atoms with Gasteiger partial charge < -0.3 is 11.1 Å². The minimum Gasteiger partial charge on any atom is -0.366 e. The first-order chi connectivity index (χ1) is 13.5. The number of rotatable bonds is 5. The number of carbonyl (C=O) groups is 1. The van der Waals surface area contributed by atoms with Crippen LogP contribution in [0.25, 0.3) is 11.1 Å². The number of aryl methyl sites for hydroxylation is 2. The number of primary amides is 1. The average Bonchev–Trinajstić information content (AvgIpc) is 3.10. The predicted octanol–water partition coefficient (Wildman–Crippen LogP) is 4.33. The molecule has 0 unspecified atom stereocenters. The third-order valence-corrected chi connectivity index (χ3v) is 5.74. The Labute approximate surface area is 166 Å². The third kappa shape index (κ3) is 3.71. The SMILES string of the molecule is Cc1cc(CNC2Cc3ccccc3C2)ccc1-c1ccc(C(N)=O)cc1C. The maximum Gasteiger partial charge on any atom is 0.248 e. The van der Waals surface area contributed by atoms with Gasteiger partial charge in [-0.25, -0.2) is 0 Å². The minimum absolute atomic E-state index is 0.387. The summed E-state index contributed by atoms with van der Waals surface area (Å²) >= 11 is 0. The second-order valence-corrected chi connectivity index (χ2v) is 7.80. The van der Waals surface area contributed by atoms with E-state index in [9.17, 15) is 4.79 Å². The molecule has 0 heterocycles. The number of fused-ring (bicyclic) bond motifs is 1. The van der Waals surface area contributed by atoms with Gasteiger partial charge in [-0.15, -0.1) is 0 Å². The number of nitrogens with two attached hydrogens (primary N) is 1. The van der Waals surface area contributed by atoms with Crippen molar-refractivity contribution in [2.75, 3.05) is 0 Å². The zero-order valence-electron chi connectivity index (χ0n) is 16.5. The Morgan fingerprint density at radius 3 is 2.11 bits per heavy atom. The molecule has 3 aromatic rings. The van der Waals surface area contributed by atoms with E-state index >= 15 is 0 Å². The van der Waals surface area contributed by atoms with Gasteiger partial charge in [0.15, 0.2) is 0 Å². The van der Waals surface area contributed by atoms with Crippen LogP contribution in [0.5, 0.6) is 0 Å².